The van der Waals surface area contributed by atoms with Crippen molar-refractivity contribution in [1.82, 2.24) is 0 Å². The molecule has 0 saturated carbocycles. The highest BCUT2D eigenvalue weighted by Crippen LogP contribution is 2.53. The van der Waals surface area contributed by atoms with E-state index in [4.69, 9.17) is 20.9 Å². The number of anilines is 1. The lowest BCUT2D eigenvalue weighted by atomic mass is 9.68. The number of rotatable bonds is 3. The van der Waals surface area contributed by atoms with Gasteiger partial charge in [-0.2, -0.15) is 5.26 Å². The topological polar surface area (TPSA) is 149 Å². The van der Waals surface area contributed by atoms with E-state index >= 15 is 0 Å². The maximum atomic E-state index is 13.5. The summed E-state index contributed by atoms with van der Waals surface area (Å²) in [6.07, 6.45) is 0. The van der Waals surface area contributed by atoms with Crippen LogP contribution in [0, 0.1) is 11.3 Å². The third-order valence-electron chi connectivity index (χ3n) is 4.59. The summed E-state index contributed by atoms with van der Waals surface area (Å²) in [4.78, 5) is 38.8. The van der Waals surface area contributed by atoms with Crippen molar-refractivity contribution in [2.75, 3.05) is 18.6 Å². The van der Waals surface area contributed by atoms with E-state index < -0.39 is 29.7 Å². The molecule has 2 aliphatic heterocycles. The second-order valence-electron chi connectivity index (χ2n) is 6.00. The van der Waals surface area contributed by atoms with Gasteiger partial charge in [0.1, 0.15) is 29.5 Å². The number of para-hydroxylation sites is 1. The Morgan fingerprint density at radius 2 is 2.04 bits per heavy atom. The van der Waals surface area contributed by atoms with E-state index in [0.717, 1.165) is 12.0 Å². The number of benzene rings is 1. The van der Waals surface area contributed by atoms with Gasteiger partial charge in [0.15, 0.2) is 5.41 Å². The van der Waals surface area contributed by atoms with Crippen LogP contribution in [-0.2, 0) is 29.3 Å². The van der Waals surface area contributed by atoms with Gasteiger partial charge in [0, 0.05) is 11.3 Å². The lowest BCUT2D eigenvalue weighted by Crippen LogP contribution is -2.49. The molecular formula is C18H16N4O5. The minimum atomic E-state index is -1.87. The monoisotopic (exact) mass is 368 g/mol. The minimum absolute atomic E-state index is 0.0300. The molecule has 1 aromatic rings. The lowest BCUT2D eigenvalue weighted by molar-refractivity contribution is -0.138. The fourth-order valence-electron chi connectivity index (χ4n) is 3.63. The molecule has 9 nitrogen and oxygen atoms in total. The maximum absolute atomic E-state index is 13.5. The van der Waals surface area contributed by atoms with Crippen molar-refractivity contribution < 1.29 is 23.9 Å². The number of nitriles is 1. The van der Waals surface area contributed by atoms with Crippen LogP contribution < -0.4 is 16.4 Å². The third kappa shape index (κ3) is 2.27. The Hall–Kier alpha value is -3.80. The Balaban J connectivity index is 2.44. The molecule has 1 unspecified atom stereocenters. The molecule has 2 heterocycles. The number of hydrogen-bond acceptors (Lipinski definition) is 7. The van der Waals surface area contributed by atoms with Gasteiger partial charge in [0.2, 0.25) is 17.7 Å². The van der Waals surface area contributed by atoms with Gasteiger partial charge in [-0.3, -0.25) is 9.59 Å². The van der Waals surface area contributed by atoms with Crippen LogP contribution in [0.25, 0.3) is 0 Å². The van der Waals surface area contributed by atoms with Crippen molar-refractivity contribution in [3.63, 3.8) is 0 Å². The van der Waals surface area contributed by atoms with E-state index in [9.17, 15) is 19.6 Å². The smallest absolute Gasteiger partial charge is 0.339 e. The highest BCUT2D eigenvalue weighted by Gasteiger charge is 2.62. The number of nitrogens with two attached hydrogens (primary N) is 2. The molecule has 0 aromatic heterocycles. The maximum Gasteiger partial charge on any atom is 0.339 e. The first-order valence-corrected chi connectivity index (χ1v) is 7.88. The van der Waals surface area contributed by atoms with Crippen LogP contribution in [0.2, 0.25) is 0 Å². The molecule has 1 spiro atoms. The lowest BCUT2D eigenvalue weighted by Gasteiger charge is -2.34. The molecule has 1 atom stereocenters. The predicted octanol–water partition coefficient (Wildman–Crippen LogP) is -0.0726. The molecule has 0 radical (unpaired) electrons. The van der Waals surface area contributed by atoms with Crippen LogP contribution in [0.1, 0.15) is 12.5 Å². The zero-order valence-electron chi connectivity index (χ0n) is 14.6. The molecule has 3 rings (SSSR count). The summed E-state index contributed by atoms with van der Waals surface area (Å²) in [5.74, 6) is -2.57. The van der Waals surface area contributed by atoms with E-state index in [0.29, 0.717) is 11.3 Å². The van der Waals surface area contributed by atoms with Crippen LogP contribution in [0.4, 0.5) is 5.69 Å². The summed E-state index contributed by atoms with van der Waals surface area (Å²) in [5.41, 5.74) is 9.55. The number of allylic oxidation sites excluding steroid dienone is 1. The standard InChI is InChI=1S/C18H16N4O5/c1-9-14(16(24)26-2)18(11(7-19)15(21)27-9)10-5-3-4-6-12(10)22(17(18)25)8-13(20)23/h3-6H,8,21H2,1-2H3,(H2,20,23). The second-order valence-corrected chi connectivity index (χ2v) is 6.00. The molecule has 0 saturated heterocycles. The van der Waals surface area contributed by atoms with E-state index in [-0.39, 0.29) is 22.8 Å². The summed E-state index contributed by atoms with van der Waals surface area (Å²) in [6, 6.07) is 8.37. The van der Waals surface area contributed by atoms with Gasteiger partial charge in [0.25, 0.3) is 0 Å². The van der Waals surface area contributed by atoms with E-state index in [2.05, 4.69) is 0 Å². The van der Waals surface area contributed by atoms with Crippen LogP contribution in [0.3, 0.4) is 0 Å². The largest absolute Gasteiger partial charge is 0.466 e. The Morgan fingerprint density at radius 1 is 1.37 bits per heavy atom. The average molecular weight is 368 g/mol. The highest BCUT2D eigenvalue weighted by atomic mass is 16.5. The molecule has 2 amide bonds. The number of hydrogen-bond donors (Lipinski definition) is 2. The molecule has 9 heteroatoms. The number of primary amides is 1. The SMILES string of the molecule is COC(=O)C1=C(C)OC(N)=C(C#N)C12C(=O)N(CC(N)=O)c1ccccc12. The minimum Gasteiger partial charge on any atom is -0.466 e. The molecule has 1 aromatic carbocycles. The van der Waals surface area contributed by atoms with Gasteiger partial charge in [0.05, 0.1) is 7.11 Å². The quantitative estimate of drug-likeness (QED) is 0.709. The molecule has 0 aliphatic carbocycles. The number of amides is 2. The number of carbonyl (C=O) groups excluding carboxylic acids is 3. The molecular weight excluding hydrogens is 352 g/mol. The number of nitrogens with zero attached hydrogens (tertiary/aromatic N) is 2. The van der Waals surface area contributed by atoms with Crippen LogP contribution >= 0.6 is 0 Å². The van der Waals surface area contributed by atoms with E-state index in [1.165, 1.54) is 6.92 Å². The molecule has 2 aliphatic rings. The molecule has 138 valence electrons. The van der Waals surface area contributed by atoms with Gasteiger partial charge in [-0.1, -0.05) is 18.2 Å². The summed E-state index contributed by atoms with van der Waals surface area (Å²) < 4.78 is 10.2. The second kappa shape index (κ2) is 6.17. The van der Waals surface area contributed by atoms with Gasteiger partial charge in [-0.15, -0.1) is 0 Å². The first-order chi connectivity index (χ1) is 12.8. The normalized spacial score (nSPS) is 21.1. The van der Waals surface area contributed by atoms with Crippen molar-refractivity contribution in [3.8, 4) is 6.07 Å². The first-order valence-electron chi connectivity index (χ1n) is 7.88. The zero-order chi connectivity index (χ0) is 19.9. The van der Waals surface area contributed by atoms with Crippen LogP contribution in [0.5, 0.6) is 0 Å². The van der Waals surface area contributed by atoms with E-state index in [1.807, 2.05) is 6.07 Å². The predicted molar refractivity (Wildman–Crippen MR) is 92.3 cm³/mol. The first kappa shape index (κ1) is 18.0. The summed E-state index contributed by atoms with van der Waals surface area (Å²) in [5, 5.41) is 9.75. The highest BCUT2D eigenvalue weighted by molar-refractivity contribution is 6.19. The van der Waals surface area contributed by atoms with Crippen molar-refractivity contribution in [3.05, 3.63) is 52.6 Å². The summed E-state index contributed by atoms with van der Waals surface area (Å²) in [7, 11) is 1.15. The number of esters is 1. The average Bonchev–Trinajstić information content (AvgIpc) is 2.85. The van der Waals surface area contributed by atoms with Gasteiger partial charge < -0.3 is 25.8 Å². The fraction of sp³-hybridized carbons (Fsp3) is 0.222. The molecule has 27 heavy (non-hydrogen) atoms. The van der Waals surface area contributed by atoms with Crippen molar-refractivity contribution in [1.29, 1.82) is 5.26 Å². The van der Waals surface area contributed by atoms with Crippen molar-refractivity contribution >= 4 is 23.5 Å². The van der Waals surface area contributed by atoms with Gasteiger partial charge in [-0.25, -0.2) is 4.79 Å². The fourth-order valence-corrected chi connectivity index (χ4v) is 3.63. The Morgan fingerprint density at radius 3 is 2.63 bits per heavy atom. The number of methoxy groups -OCH3 is 1. The Labute approximate surface area is 154 Å². The summed E-state index contributed by atoms with van der Waals surface area (Å²) >= 11 is 0. The van der Waals surface area contributed by atoms with Crippen molar-refractivity contribution in [2.45, 2.75) is 12.3 Å². The van der Waals surface area contributed by atoms with E-state index in [1.54, 1.807) is 24.3 Å². The van der Waals surface area contributed by atoms with Gasteiger partial charge >= 0.3 is 5.97 Å². The van der Waals surface area contributed by atoms with Crippen LogP contribution in [0.15, 0.2) is 47.1 Å². The number of fused-ring (bicyclic) bond motifs is 2. The Bertz CT molecular complexity index is 988. The van der Waals surface area contributed by atoms with Gasteiger partial charge in [-0.05, 0) is 13.0 Å². The van der Waals surface area contributed by atoms with Crippen molar-refractivity contribution in [2.24, 2.45) is 11.5 Å². The molecule has 0 bridgehead atoms. The molecule has 0 fully saturated rings. The Kier molecular flexibility index (Phi) is 4.12. The number of carbonyl (C=O) groups is 3. The number of ether oxygens (including phenoxy) is 2. The molecule has 4 N–H and O–H groups in total. The van der Waals surface area contributed by atoms with Crippen LogP contribution in [-0.4, -0.2) is 31.4 Å². The third-order valence-corrected chi connectivity index (χ3v) is 4.59. The zero-order valence-corrected chi connectivity index (χ0v) is 14.6. The summed E-state index contributed by atoms with van der Waals surface area (Å²) in [6.45, 7) is 1.02.